The molecular formula is C26H33N4Na2O7S2+. The second kappa shape index (κ2) is 16.6. The first-order valence-electron chi connectivity index (χ1n) is 12.6. The fourth-order valence-corrected chi connectivity index (χ4v) is 5.41. The van der Waals surface area contributed by atoms with Crippen LogP contribution in [0.3, 0.4) is 0 Å². The van der Waals surface area contributed by atoms with Crippen molar-refractivity contribution in [1.82, 2.24) is 0 Å². The molecule has 2 aromatic rings. The van der Waals surface area contributed by atoms with Crippen LogP contribution in [0.1, 0.15) is 38.2 Å². The predicted molar refractivity (Wildman–Crippen MR) is 149 cm³/mol. The Kier molecular flexibility index (Phi) is 15.4. The fourth-order valence-electron chi connectivity index (χ4n) is 4.30. The third-order valence-corrected chi connectivity index (χ3v) is 8.02. The van der Waals surface area contributed by atoms with Crippen LogP contribution in [0.2, 0.25) is 0 Å². The summed E-state index contributed by atoms with van der Waals surface area (Å²) in [5.41, 5.74) is 3.97. The molecule has 0 radical (unpaired) electrons. The Hall–Kier alpha value is -1.13. The maximum absolute atomic E-state index is 13.2. The van der Waals surface area contributed by atoms with Crippen LogP contribution in [-0.2, 0) is 25.0 Å². The summed E-state index contributed by atoms with van der Waals surface area (Å²) in [7, 11) is -6.81. The van der Waals surface area contributed by atoms with Gasteiger partial charge in [-0.2, -0.15) is 0 Å². The zero-order valence-electron chi connectivity index (χ0n) is 24.2. The van der Waals surface area contributed by atoms with E-state index in [1.807, 2.05) is 61.2 Å². The number of nitrogens with zero attached hydrogens (tertiary/aromatic N) is 4. The Morgan fingerprint density at radius 3 is 1.88 bits per heavy atom. The molecule has 1 aliphatic heterocycles. The molecule has 0 saturated carbocycles. The normalized spacial score (nSPS) is 14.7. The number of aliphatic imine (C=N–C) groups is 1. The van der Waals surface area contributed by atoms with E-state index in [1.54, 1.807) is 22.8 Å². The number of aryl methyl sites for hydroxylation is 1. The number of para-hydroxylation sites is 1. The Labute approximate surface area is 286 Å². The molecule has 212 valence electrons. The van der Waals surface area contributed by atoms with Crippen molar-refractivity contribution in [2.24, 2.45) is 4.99 Å². The quantitative estimate of drug-likeness (QED) is 0.0969. The van der Waals surface area contributed by atoms with Crippen molar-refractivity contribution in [3.8, 4) is 0 Å². The van der Waals surface area contributed by atoms with E-state index in [-0.39, 0.29) is 77.9 Å². The molecule has 0 bridgehead atoms. The number of anilines is 2. The number of hydrazine groups is 1. The van der Waals surface area contributed by atoms with Gasteiger partial charge in [-0.15, -0.1) is 4.68 Å². The Morgan fingerprint density at radius 1 is 0.854 bits per heavy atom. The van der Waals surface area contributed by atoms with Crippen molar-refractivity contribution in [3.63, 3.8) is 0 Å². The minimum atomic E-state index is -4.30. The predicted octanol–water partition coefficient (Wildman–Crippen LogP) is -3.40. The Balaban J connectivity index is 0.00000420. The summed E-state index contributed by atoms with van der Waals surface area (Å²) in [5.74, 6) is -1.15. The van der Waals surface area contributed by atoms with E-state index in [0.717, 1.165) is 16.9 Å². The number of hydrogen-bond acceptors (Lipinski definition) is 9. The van der Waals surface area contributed by atoms with Crippen LogP contribution in [0, 0.1) is 6.92 Å². The summed E-state index contributed by atoms with van der Waals surface area (Å²) >= 11 is 0. The minimum absolute atomic E-state index is 0. The van der Waals surface area contributed by atoms with Crippen LogP contribution >= 0.6 is 0 Å². The number of carbonyl (C=O) groups is 1. The van der Waals surface area contributed by atoms with Crippen LogP contribution in [-0.4, -0.2) is 79.6 Å². The van der Waals surface area contributed by atoms with Gasteiger partial charge in [0.25, 0.3) is 0 Å². The van der Waals surface area contributed by atoms with Gasteiger partial charge in [0, 0.05) is 37.2 Å². The molecule has 0 fully saturated rings. The van der Waals surface area contributed by atoms with Crippen molar-refractivity contribution in [1.29, 1.82) is 0 Å². The summed E-state index contributed by atoms with van der Waals surface area (Å²) in [5, 5.41) is 1.56. The molecular weight excluding hydrogens is 590 g/mol. The molecule has 0 aromatic heterocycles. The minimum Gasteiger partial charge on any atom is -0.748 e. The first-order chi connectivity index (χ1) is 18.3. The van der Waals surface area contributed by atoms with Crippen molar-refractivity contribution in [3.05, 3.63) is 54.1 Å². The van der Waals surface area contributed by atoms with Gasteiger partial charge in [0.05, 0.1) is 25.9 Å². The molecule has 11 nitrogen and oxygen atoms in total. The summed E-state index contributed by atoms with van der Waals surface area (Å²) in [6.07, 6.45) is 1.28. The zero-order valence-corrected chi connectivity index (χ0v) is 29.9. The van der Waals surface area contributed by atoms with Crippen LogP contribution in [0.15, 0.2) is 53.5 Å². The monoisotopic (exact) mass is 623 g/mol. The summed E-state index contributed by atoms with van der Waals surface area (Å²) in [6.45, 7) is 4.57. The summed E-state index contributed by atoms with van der Waals surface area (Å²) in [4.78, 5) is 19.9. The standard InChI is InChI=1S/C26H34N4O7S2.2Na/c1-20-19-23(29(15-7-9-17-38(32,33)34)16-8-10-18-39(35,36)37)13-14-24(20)27-25-21(2)28(3)30(26(25)31)22-11-5-4-6-12-22;;/h4-6,11-14,19H,7-10,15-18H2,1-3H3,(H-,32,33,34,35,36,37);;/q;2*+1/p-1. The zero-order chi connectivity index (χ0) is 28.8. The molecule has 1 aliphatic rings. The molecule has 0 unspecified atom stereocenters. The van der Waals surface area contributed by atoms with Gasteiger partial charge in [-0.3, -0.25) is 4.79 Å². The fraction of sp³-hybridized carbons (Fsp3) is 0.423. The third kappa shape index (κ3) is 11.5. The van der Waals surface area contributed by atoms with E-state index >= 15 is 0 Å². The molecule has 0 N–H and O–H groups in total. The molecule has 1 amide bonds. The second-order valence-electron chi connectivity index (χ2n) is 9.42. The number of carbonyl (C=O) groups excluding carboxylic acids is 1. The maximum atomic E-state index is 13.2. The maximum Gasteiger partial charge on any atom is 1.00 e. The number of amides is 1. The van der Waals surface area contributed by atoms with Crippen LogP contribution in [0.5, 0.6) is 0 Å². The van der Waals surface area contributed by atoms with Crippen LogP contribution in [0.4, 0.5) is 17.1 Å². The summed E-state index contributed by atoms with van der Waals surface area (Å²) in [6, 6.07) is 14.8. The van der Waals surface area contributed by atoms with E-state index in [4.69, 9.17) is 0 Å². The smallest absolute Gasteiger partial charge is 0.748 e. The third-order valence-electron chi connectivity index (χ3n) is 6.45. The summed E-state index contributed by atoms with van der Waals surface area (Å²) < 4.78 is 67.4. The average molecular weight is 624 g/mol. The average Bonchev–Trinajstić information content (AvgIpc) is 3.06. The van der Waals surface area contributed by atoms with Crippen molar-refractivity contribution >= 4 is 54.6 Å². The van der Waals surface area contributed by atoms with Gasteiger partial charge >= 0.3 is 65.0 Å². The molecule has 0 aliphatic carbocycles. The molecule has 2 aromatic carbocycles. The van der Waals surface area contributed by atoms with Gasteiger partial charge in [-0.05, 0) is 68.5 Å². The van der Waals surface area contributed by atoms with Gasteiger partial charge in [-0.25, -0.2) is 21.8 Å². The number of rotatable bonds is 13. The number of unbranched alkanes of at least 4 members (excludes halogenated alkanes) is 2. The van der Waals surface area contributed by atoms with Crippen molar-refractivity contribution in [2.45, 2.75) is 39.5 Å². The van der Waals surface area contributed by atoms with Gasteiger partial charge in [0.1, 0.15) is 5.69 Å². The van der Waals surface area contributed by atoms with Crippen LogP contribution < -0.4 is 69.0 Å². The molecule has 1 heterocycles. The van der Waals surface area contributed by atoms with Crippen molar-refractivity contribution < 1.29 is 94.5 Å². The van der Waals surface area contributed by atoms with E-state index in [9.17, 15) is 30.7 Å². The second-order valence-corrected chi connectivity index (χ2v) is 12.5. The van der Waals surface area contributed by atoms with E-state index < -0.39 is 31.7 Å². The molecule has 0 atom stereocenters. The molecule has 0 spiro atoms. The van der Waals surface area contributed by atoms with E-state index in [1.165, 1.54) is 0 Å². The van der Waals surface area contributed by atoms with Crippen LogP contribution in [0.25, 0.3) is 0 Å². The molecule has 15 heteroatoms. The number of benzene rings is 2. The Morgan fingerprint density at radius 2 is 1.39 bits per heavy atom. The van der Waals surface area contributed by atoms with Gasteiger partial charge in [0.15, 0.2) is 7.05 Å². The van der Waals surface area contributed by atoms with Gasteiger partial charge in [0.2, 0.25) is 11.4 Å². The first kappa shape index (κ1) is 37.9. The molecule has 3 rings (SSSR count). The number of hydrogen-bond donors (Lipinski definition) is 0. The molecule has 41 heavy (non-hydrogen) atoms. The Bertz CT molecular complexity index is 1440. The van der Waals surface area contributed by atoms with E-state index in [2.05, 4.69) is 4.99 Å². The number of hydrazone groups is 1. The largest absolute Gasteiger partial charge is 1.00 e. The topological polar surface area (TPSA) is 153 Å². The molecule has 0 saturated heterocycles. The van der Waals surface area contributed by atoms with Gasteiger partial charge < -0.3 is 14.0 Å². The SMILES string of the molecule is CC1=[N+](C)N(c2ccccc2)C(=O)C1=Nc1ccc(N(CCCCS(=O)(=O)[O-])CCCCS(=O)(=O)[O-])cc1C.[Na+].[Na+]. The van der Waals surface area contributed by atoms with Crippen molar-refractivity contribution in [2.75, 3.05) is 41.6 Å². The first-order valence-corrected chi connectivity index (χ1v) is 15.7. The van der Waals surface area contributed by atoms with Gasteiger partial charge in [-0.1, -0.05) is 23.2 Å². The van der Waals surface area contributed by atoms with E-state index in [0.29, 0.717) is 43.0 Å².